The van der Waals surface area contributed by atoms with E-state index in [0.717, 1.165) is 30.4 Å². The second-order valence-corrected chi connectivity index (χ2v) is 6.64. The molecule has 2 aromatic heterocycles. The van der Waals surface area contributed by atoms with Gasteiger partial charge in [-0.15, -0.1) is 15.3 Å². The van der Waals surface area contributed by atoms with Crippen molar-refractivity contribution in [1.82, 2.24) is 19.8 Å². The largest absolute Gasteiger partial charge is 0.355 e. The number of hydrogen-bond donors (Lipinski definition) is 0. The molecule has 0 spiro atoms. The molecule has 5 nitrogen and oxygen atoms in total. The molecule has 0 unspecified atom stereocenters. The molecule has 5 heteroatoms. The van der Waals surface area contributed by atoms with E-state index in [1.54, 1.807) is 0 Å². The number of aromatic nitrogens is 4. The zero-order valence-electron chi connectivity index (χ0n) is 12.6. The molecule has 3 rings (SSSR count). The van der Waals surface area contributed by atoms with Crippen LogP contribution in [0.15, 0.2) is 12.1 Å². The van der Waals surface area contributed by atoms with Gasteiger partial charge >= 0.3 is 0 Å². The summed E-state index contributed by atoms with van der Waals surface area (Å²) in [6, 6.07) is 4.09. The molecule has 2 aromatic rings. The molecule has 20 heavy (non-hydrogen) atoms. The lowest BCUT2D eigenvalue weighted by Crippen LogP contribution is -2.26. The second kappa shape index (κ2) is 5.04. The van der Waals surface area contributed by atoms with Crippen LogP contribution in [-0.2, 0) is 5.41 Å². The Balaban J connectivity index is 2.00. The normalized spacial score (nSPS) is 17.4. The first kappa shape index (κ1) is 13.3. The summed E-state index contributed by atoms with van der Waals surface area (Å²) < 4.78 is 1.90. The van der Waals surface area contributed by atoms with Crippen LogP contribution in [0.2, 0.25) is 0 Å². The van der Waals surface area contributed by atoms with Crippen LogP contribution in [0.25, 0.3) is 5.65 Å². The Kier molecular flexibility index (Phi) is 3.36. The van der Waals surface area contributed by atoms with Gasteiger partial charge in [0.2, 0.25) is 0 Å². The number of anilines is 1. The summed E-state index contributed by atoms with van der Waals surface area (Å²) >= 11 is 0. The third-order valence-corrected chi connectivity index (χ3v) is 3.85. The summed E-state index contributed by atoms with van der Waals surface area (Å²) in [7, 11) is 0. The van der Waals surface area contributed by atoms with Crippen molar-refractivity contribution in [2.24, 2.45) is 0 Å². The van der Waals surface area contributed by atoms with Crippen molar-refractivity contribution in [1.29, 1.82) is 0 Å². The molecule has 0 saturated carbocycles. The SMILES string of the molecule is CC(C)(C)c1nnc2ccc(N3CCCCCC3)nn12. The first-order chi connectivity index (χ1) is 9.55. The fraction of sp³-hybridized carbons (Fsp3) is 0.667. The van der Waals surface area contributed by atoms with E-state index in [-0.39, 0.29) is 5.41 Å². The quantitative estimate of drug-likeness (QED) is 0.801. The highest BCUT2D eigenvalue weighted by Gasteiger charge is 2.22. The van der Waals surface area contributed by atoms with Crippen LogP contribution in [0.1, 0.15) is 52.3 Å². The number of rotatable bonds is 1. The van der Waals surface area contributed by atoms with Gasteiger partial charge in [0.15, 0.2) is 11.5 Å². The van der Waals surface area contributed by atoms with E-state index in [1.807, 2.05) is 10.6 Å². The summed E-state index contributed by atoms with van der Waals surface area (Å²) in [5.41, 5.74) is 0.776. The molecule has 1 aliphatic heterocycles. The molecule has 0 radical (unpaired) electrons. The van der Waals surface area contributed by atoms with Crippen LogP contribution in [0.4, 0.5) is 5.82 Å². The summed E-state index contributed by atoms with van der Waals surface area (Å²) in [5.74, 6) is 1.97. The Morgan fingerprint density at radius 3 is 2.30 bits per heavy atom. The molecular formula is C15H23N5. The molecule has 108 valence electrons. The molecule has 3 heterocycles. The minimum Gasteiger partial charge on any atom is -0.355 e. The zero-order valence-corrected chi connectivity index (χ0v) is 12.6. The van der Waals surface area contributed by atoms with Crippen LogP contribution in [-0.4, -0.2) is 32.9 Å². The van der Waals surface area contributed by atoms with E-state index in [2.05, 4.69) is 41.9 Å². The maximum Gasteiger partial charge on any atom is 0.178 e. The Morgan fingerprint density at radius 1 is 0.950 bits per heavy atom. The lowest BCUT2D eigenvalue weighted by atomic mass is 9.96. The van der Waals surface area contributed by atoms with E-state index in [9.17, 15) is 0 Å². The minimum atomic E-state index is -0.0518. The van der Waals surface area contributed by atoms with Crippen LogP contribution in [0.3, 0.4) is 0 Å². The second-order valence-electron chi connectivity index (χ2n) is 6.64. The van der Waals surface area contributed by atoms with Gasteiger partial charge < -0.3 is 4.90 Å². The molecule has 0 aliphatic carbocycles. The summed E-state index contributed by atoms with van der Waals surface area (Å²) in [6.07, 6.45) is 5.18. The van der Waals surface area contributed by atoms with Crippen molar-refractivity contribution in [2.45, 2.75) is 51.9 Å². The zero-order chi connectivity index (χ0) is 14.2. The standard InChI is InChI=1S/C15H23N5/c1-15(2,3)14-17-16-12-8-9-13(18-20(12)14)19-10-6-4-5-7-11-19/h8-9H,4-7,10-11H2,1-3H3. The Bertz CT molecular complexity index is 588. The van der Waals surface area contributed by atoms with E-state index in [0.29, 0.717) is 0 Å². The van der Waals surface area contributed by atoms with Crippen LogP contribution in [0, 0.1) is 0 Å². The van der Waals surface area contributed by atoms with Gasteiger partial charge in [-0.05, 0) is 25.0 Å². The van der Waals surface area contributed by atoms with E-state index < -0.39 is 0 Å². The Morgan fingerprint density at radius 2 is 1.65 bits per heavy atom. The molecule has 0 amide bonds. The van der Waals surface area contributed by atoms with Gasteiger partial charge in [-0.1, -0.05) is 33.6 Å². The van der Waals surface area contributed by atoms with Gasteiger partial charge in [0.1, 0.15) is 5.82 Å². The van der Waals surface area contributed by atoms with Crippen LogP contribution in [0.5, 0.6) is 0 Å². The van der Waals surface area contributed by atoms with Gasteiger partial charge in [-0.2, -0.15) is 4.52 Å². The van der Waals surface area contributed by atoms with Crippen molar-refractivity contribution in [3.8, 4) is 0 Å². The Labute approximate surface area is 120 Å². The molecule has 0 aromatic carbocycles. The third-order valence-electron chi connectivity index (χ3n) is 3.85. The first-order valence-corrected chi connectivity index (χ1v) is 7.53. The molecular weight excluding hydrogens is 250 g/mol. The molecule has 0 N–H and O–H groups in total. The molecule has 1 saturated heterocycles. The fourth-order valence-corrected chi connectivity index (χ4v) is 2.72. The predicted octanol–water partition coefficient (Wildman–Crippen LogP) is 2.80. The summed E-state index contributed by atoms with van der Waals surface area (Å²) in [5, 5.41) is 13.3. The van der Waals surface area contributed by atoms with Gasteiger partial charge in [0, 0.05) is 18.5 Å². The third kappa shape index (κ3) is 2.49. The summed E-state index contributed by atoms with van der Waals surface area (Å²) in [4.78, 5) is 2.39. The van der Waals surface area contributed by atoms with Gasteiger partial charge in [-0.25, -0.2) is 0 Å². The van der Waals surface area contributed by atoms with Crippen LogP contribution < -0.4 is 4.90 Å². The highest BCUT2D eigenvalue weighted by molar-refractivity contribution is 5.46. The van der Waals surface area contributed by atoms with Gasteiger partial charge in [0.25, 0.3) is 0 Å². The lowest BCUT2D eigenvalue weighted by Gasteiger charge is -2.22. The number of fused-ring (bicyclic) bond motifs is 1. The monoisotopic (exact) mass is 273 g/mol. The van der Waals surface area contributed by atoms with Crippen molar-refractivity contribution < 1.29 is 0 Å². The molecule has 0 bridgehead atoms. The number of nitrogens with zero attached hydrogens (tertiary/aromatic N) is 5. The molecule has 1 aliphatic rings. The topological polar surface area (TPSA) is 46.3 Å². The maximum absolute atomic E-state index is 4.78. The molecule has 0 atom stereocenters. The van der Waals surface area contributed by atoms with E-state index in [1.165, 1.54) is 25.7 Å². The van der Waals surface area contributed by atoms with E-state index in [4.69, 9.17) is 5.10 Å². The van der Waals surface area contributed by atoms with Crippen molar-refractivity contribution in [3.63, 3.8) is 0 Å². The average molecular weight is 273 g/mol. The van der Waals surface area contributed by atoms with Gasteiger partial charge in [0.05, 0.1) is 0 Å². The highest BCUT2D eigenvalue weighted by Crippen LogP contribution is 2.22. The van der Waals surface area contributed by atoms with Crippen molar-refractivity contribution >= 4 is 11.5 Å². The minimum absolute atomic E-state index is 0.0518. The van der Waals surface area contributed by atoms with Crippen molar-refractivity contribution in [2.75, 3.05) is 18.0 Å². The number of hydrogen-bond acceptors (Lipinski definition) is 4. The summed E-state index contributed by atoms with van der Waals surface area (Å²) in [6.45, 7) is 8.63. The molecule has 1 fully saturated rings. The fourth-order valence-electron chi connectivity index (χ4n) is 2.72. The van der Waals surface area contributed by atoms with Crippen molar-refractivity contribution in [3.05, 3.63) is 18.0 Å². The Hall–Kier alpha value is -1.65. The van der Waals surface area contributed by atoms with Crippen LogP contribution >= 0.6 is 0 Å². The lowest BCUT2D eigenvalue weighted by molar-refractivity contribution is 0.526. The van der Waals surface area contributed by atoms with E-state index >= 15 is 0 Å². The average Bonchev–Trinajstić information content (AvgIpc) is 2.65. The smallest absolute Gasteiger partial charge is 0.178 e. The highest BCUT2D eigenvalue weighted by atomic mass is 15.4. The predicted molar refractivity (Wildman–Crippen MR) is 80.2 cm³/mol. The maximum atomic E-state index is 4.78. The van der Waals surface area contributed by atoms with Gasteiger partial charge in [-0.3, -0.25) is 0 Å². The first-order valence-electron chi connectivity index (χ1n) is 7.53.